The molecule has 4 heterocycles. The summed E-state index contributed by atoms with van der Waals surface area (Å²) < 4.78 is 7.25. The molecule has 3 N–H and O–H groups in total. The van der Waals surface area contributed by atoms with E-state index >= 15 is 0 Å². The predicted octanol–water partition coefficient (Wildman–Crippen LogP) is 3.17. The molecule has 0 atom stereocenters. The third-order valence-corrected chi connectivity index (χ3v) is 8.57. The van der Waals surface area contributed by atoms with E-state index in [0.29, 0.717) is 24.6 Å². The fourth-order valence-corrected chi connectivity index (χ4v) is 6.92. The van der Waals surface area contributed by atoms with Crippen molar-refractivity contribution in [2.45, 2.75) is 63.6 Å². The van der Waals surface area contributed by atoms with Crippen LogP contribution in [0.15, 0.2) is 12.4 Å². The number of aryl methyl sites for hydroxylation is 2. The number of aliphatic hydroxyl groups is 1. The number of anilines is 3. The Morgan fingerprint density at radius 1 is 1.12 bits per heavy atom. The highest BCUT2D eigenvalue weighted by atomic mass is 32.1. The van der Waals surface area contributed by atoms with Crippen LogP contribution in [0.3, 0.4) is 0 Å². The number of nitrogens with zero attached hydrogens (tertiary/aromatic N) is 5. The summed E-state index contributed by atoms with van der Waals surface area (Å²) in [5.41, 5.74) is 2.28. The Hall–Kier alpha value is -2.27. The molecule has 6 rings (SSSR count). The number of nitrogens with one attached hydrogen (secondary N) is 2. The largest absolute Gasteiger partial charge is 0.394 e. The number of hydrogen-bond donors (Lipinski definition) is 3. The second-order valence-electron chi connectivity index (χ2n) is 9.57. The van der Waals surface area contributed by atoms with Gasteiger partial charge in [-0.1, -0.05) is 0 Å². The van der Waals surface area contributed by atoms with Crippen LogP contribution < -0.4 is 10.6 Å². The molecule has 1 aliphatic heterocycles. The Kier molecular flexibility index (Phi) is 6.38. The van der Waals surface area contributed by atoms with Gasteiger partial charge in [0.2, 0.25) is 5.95 Å². The Morgan fingerprint density at radius 3 is 2.79 bits per heavy atom. The summed E-state index contributed by atoms with van der Waals surface area (Å²) in [6, 6.07) is 1.12. The van der Waals surface area contributed by atoms with E-state index in [2.05, 4.69) is 20.6 Å². The van der Waals surface area contributed by atoms with Gasteiger partial charge < -0.3 is 20.5 Å². The summed E-state index contributed by atoms with van der Waals surface area (Å²) in [6.07, 6.45) is 11.9. The van der Waals surface area contributed by atoms with Crippen LogP contribution in [0.4, 0.5) is 17.5 Å². The number of aliphatic hydroxyl groups excluding tert-OH is 1. The van der Waals surface area contributed by atoms with Gasteiger partial charge in [-0.15, -0.1) is 11.3 Å². The molecule has 0 spiro atoms. The van der Waals surface area contributed by atoms with Crippen LogP contribution in [0.5, 0.6) is 0 Å². The molecule has 0 radical (unpaired) electrons. The van der Waals surface area contributed by atoms with Crippen LogP contribution in [0.1, 0.15) is 42.5 Å². The first-order valence-electron chi connectivity index (χ1n) is 12.6. The number of hydrogen-bond acceptors (Lipinski definition) is 9. The lowest BCUT2D eigenvalue weighted by molar-refractivity contribution is 0.00791. The highest BCUT2D eigenvalue weighted by molar-refractivity contribution is 7.19. The summed E-state index contributed by atoms with van der Waals surface area (Å²) in [6.45, 7) is 4.41. The van der Waals surface area contributed by atoms with Crippen LogP contribution in [0.25, 0.3) is 10.2 Å². The average Bonchev–Trinajstić information content (AvgIpc) is 3.57. The van der Waals surface area contributed by atoms with E-state index in [1.165, 1.54) is 35.1 Å². The first-order valence-corrected chi connectivity index (χ1v) is 13.4. The lowest BCUT2D eigenvalue weighted by Gasteiger charge is -2.39. The molecule has 0 aromatic carbocycles. The minimum Gasteiger partial charge on any atom is -0.394 e. The molecule has 2 aliphatic carbocycles. The van der Waals surface area contributed by atoms with Crippen molar-refractivity contribution < 1.29 is 9.84 Å². The molecule has 1 saturated carbocycles. The minimum atomic E-state index is 0.0617. The van der Waals surface area contributed by atoms with Crippen molar-refractivity contribution in [3.05, 3.63) is 22.8 Å². The molecule has 3 aliphatic rings. The van der Waals surface area contributed by atoms with Crippen molar-refractivity contribution in [2.24, 2.45) is 0 Å². The Balaban J connectivity index is 1.22. The molecule has 182 valence electrons. The molecule has 3 aromatic rings. The fraction of sp³-hybridized carbons (Fsp3) is 0.625. The zero-order valence-corrected chi connectivity index (χ0v) is 20.3. The van der Waals surface area contributed by atoms with Crippen molar-refractivity contribution >= 4 is 39.0 Å². The van der Waals surface area contributed by atoms with Crippen molar-refractivity contribution in [1.82, 2.24) is 24.6 Å². The van der Waals surface area contributed by atoms with Gasteiger partial charge in [-0.3, -0.25) is 9.58 Å². The smallest absolute Gasteiger partial charge is 0.230 e. The van der Waals surface area contributed by atoms with E-state index in [1.807, 2.05) is 17.5 Å². The van der Waals surface area contributed by atoms with Crippen LogP contribution in [0, 0.1) is 0 Å². The maximum Gasteiger partial charge on any atom is 0.230 e. The molecule has 0 unspecified atom stereocenters. The van der Waals surface area contributed by atoms with E-state index in [0.717, 1.165) is 68.3 Å². The van der Waals surface area contributed by atoms with Gasteiger partial charge in [0.1, 0.15) is 10.6 Å². The van der Waals surface area contributed by atoms with Crippen molar-refractivity contribution in [2.75, 3.05) is 43.5 Å². The Morgan fingerprint density at radius 2 is 1.97 bits per heavy atom. The van der Waals surface area contributed by atoms with Gasteiger partial charge in [-0.2, -0.15) is 10.1 Å². The van der Waals surface area contributed by atoms with E-state index in [9.17, 15) is 0 Å². The molecular formula is C24H33N7O2S. The molecule has 0 bridgehead atoms. The summed E-state index contributed by atoms with van der Waals surface area (Å²) in [5.74, 6) is 1.57. The SMILES string of the molecule is OCCn1cc(Nc2nc(NC3CCC(N4CCOCC4)CC3)c3c4c(sc3n2)CCC4)cn1. The van der Waals surface area contributed by atoms with Crippen molar-refractivity contribution in [3.8, 4) is 0 Å². The van der Waals surface area contributed by atoms with Crippen LogP contribution in [0.2, 0.25) is 0 Å². The van der Waals surface area contributed by atoms with Gasteiger partial charge in [-0.05, 0) is 50.5 Å². The monoisotopic (exact) mass is 483 g/mol. The Bertz CT molecular complexity index is 1130. The Labute approximate surface area is 203 Å². The van der Waals surface area contributed by atoms with E-state index in [-0.39, 0.29) is 6.61 Å². The summed E-state index contributed by atoms with van der Waals surface area (Å²) >= 11 is 1.82. The molecule has 34 heavy (non-hydrogen) atoms. The number of fused-ring (bicyclic) bond motifs is 3. The molecule has 3 aromatic heterocycles. The molecule has 2 fully saturated rings. The maximum absolute atomic E-state index is 9.16. The standard InChI is InChI=1S/C24H33N7O2S/c32-11-8-31-15-17(14-25-31)27-24-28-22(21-19-2-1-3-20(19)34-23(21)29-24)26-16-4-6-18(7-5-16)30-9-12-33-13-10-30/h14-16,18,32H,1-13H2,(H2,26,27,28,29). The molecule has 0 amide bonds. The summed E-state index contributed by atoms with van der Waals surface area (Å²) in [4.78, 5) is 15.0. The van der Waals surface area contributed by atoms with E-state index in [1.54, 1.807) is 10.9 Å². The second-order valence-corrected chi connectivity index (χ2v) is 10.7. The van der Waals surface area contributed by atoms with Gasteiger partial charge in [0.05, 0.1) is 43.6 Å². The van der Waals surface area contributed by atoms with Gasteiger partial charge in [0, 0.05) is 36.2 Å². The van der Waals surface area contributed by atoms with Crippen LogP contribution >= 0.6 is 11.3 Å². The number of thiophene rings is 1. The summed E-state index contributed by atoms with van der Waals surface area (Å²) in [7, 11) is 0. The van der Waals surface area contributed by atoms with Crippen LogP contribution in [-0.4, -0.2) is 74.7 Å². The predicted molar refractivity (Wildman–Crippen MR) is 134 cm³/mol. The zero-order valence-electron chi connectivity index (χ0n) is 19.5. The highest BCUT2D eigenvalue weighted by Gasteiger charge is 2.29. The lowest BCUT2D eigenvalue weighted by atomic mass is 9.90. The quantitative estimate of drug-likeness (QED) is 0.471. The third-order valence-electron chi connectivity index (χ3n) is 7.38. The maximum atomic E-state index is 9.16. The van der Waals surface area contributed by atoms with Gasteiger partial charge in [0.25, 0.3) is 0 Å². The third kappa shape index (κ3) is 4.51. The fourth-order valence-electron chi connectivity index (χ4n) is 5.66. The van der Waals surface area contributed by atoms with Gasteiger partial charge in [-0.25, -0.2) is 4.98 Å². The van der Waals surface area contributed by atoms with E-state index in [4.69, 9.17) is 19.8 Å². The zero-order chi connectivity index (χ0) is 22.9. The normalized spacial score (nSPS) is 23.3. The minimum absolute atomic E-state index is 0.0617. The lowest BCUT2D eigenvalue weighted by Crippen LogP contribution is -2.46. The summed E-state index contributed by atoms with van der Waals surface area (Å²) in [5, 5.41) is 21.8. The van der Waals surface area contributed by atoms with Crippen LogP contribution in [-0.2, 0) is 24.1 Å². The van der Waals surface area contributed by atoms with Crippen molar-refractivity contribution in [1.29, 1.82) is 0 Å². The van der Waals surface area contributed by atoms with Crippen molar-refractivity contribution in [3.63, 3.8) is 0 Å². The number of ether oxygens (including phenoxy) is 1. The van der Waals surface area contributed by atoms with Gasteiger partial charge in [0.15, 0.2) is 0 Å². The number of aromatic nitrogens is 4. The number of rotatable bonds is 7. The number of morpholine rings is 1. The molecule has 1 saturated heterocycles. The van der Waals surface area contributed by atoms with Gasteiger partial charge >= 0.3 is 0 Å². The topological polar surface area (TPSA) is 100 Å². The second kappa shape index (κ2) is 9.77. The first-order chi connectivity index (χ1) is 16.8. The van der Waals surface area contributed by atoms with E-state index < -0.39 is 0 Å². The molecule has 10 heteroatoms. The first kappa shape index (κ1) is 22.2. The average molecular weight is 484 g/mol. The highest BCUT2D eigenvalue weighted by Crippen LogP contribution is 2.41. The molecule has 9 nitrogen and oxygen atoms in total. The molecular weight excluding hydrogens is 450 g/mol.